The summed E-state index contributed by atoms with van der Waals surface area (Å²) in [6.07, 6.45) is 3.56. The molecule has 1 N–H and O–H groups in total. The lowest BCUT2D eigenvalue weighted by molar-refractivity contribution is -0.127. The van der Waals surface area contributed by atoms with E-state index in [9.17, 15) is 14.4 Å². The first-order valence-corrected chi connectivity index (χ1v) is 14.6. The molecular weight excluding hydrogens is 589 g/mol. The fourth-order valence-corrected chi connectivity index (χ4v) is 6.40. The molecule has 224 valence electrons. The Hall–Kier alpha value is -4.84. The standard InChI is InChI=1S/C31H27ClFN7O4/c1-4-24(42)38-10-11-39(21-13-20(21)38)29-16-12-17(32)27-25-18(33)6-5-7-19(25)35-23(41)14-44-22-8-9-34-26(15(2)3)28(22)40(30(16)36-27)31(43)37-29/h4-9,12,15,20-21H,1,10-11,13-14H2,2-3H3,(H,35,41)/t20-,21+/m1/s1. The smallest absolute Gasteiger partial charge is 0.356 e. The molecule has 1 aliphatic carbocycles. The third-order valence-corrected chi connectivity index (χ3v) is 8.50. The number of hydrogen-bond acceptors (Lipinski definition) is 8. The molecule has 0 radical (unpaired) electrons. The Bertz CT molecular complexity index is 1960. The van der Waals surface area contributed by atoms with E-state index in [0.717, 1.165) is 0 Å². The highest BCUT2D eigenvalue weighted by atomic mass is 35.5. The van der Waals surface area contributed by atoms with E-state index >= 15 is 4.39 Å². The van der Waals surface area contributed by atoms with Crippen molar-refractivity contribution in [2.24, 2.45) is 0 Å². The highest BCUT2D eigenvalue weighted by Gasteiger charge is 2.51. The average molecular weight is 616 g/mol. The molecule has 2 amide bonds. The van der Waals surface area contributed by atoms with Crippen LogP contribution in [0.25, 0.3) is 28.0 Å². The van der Waals surface area contributed by atoms with Crippen LogP contribution in [0.3, 0.4) is 0 Å². The van der Waals surface area contributed by atoms with Crippen LogP contribution in [0.5, 0.6) is 5.75 Å². The zero-order chi connectivity index (χ0) is 30.9. The summed E-state index contributed by atoms with van der Waals surface area (Å²) in [5.74, 6) is -0.908. The SMILES string of the molecule is C=CC(=O)N1CCN(c2nc(=O)n3c4nc(c(Cl)cc24)-c2c(F)cccc2NC(=O)COc2ccnc(C(C)C)c2-3)[C@H]2C[C@H]21. The van der Waals surface area contributed by atoms with Crippen molar-refractivity contribution in [3.05, 3.63) is 76.2 Å². The number of carbonyl (C=O) groups is 2. The van der Waals surface area contributed by atoms with Crippen LogP contribution in [0, 0.1) is 5.82 Å². The van der Waals surface area contributed by atoms with Gasteiger partial charge in [0, 0.05) is 25.4 Å². The summed E-state index contributed by atoms with van der Waals surface area (Å²) in [7, 11) is 0. The second kappa shape index (κ2) is 10.4. The Morgan fingerprint density at radius 3 is 2.80 bits per heavy atom. The number of pyridine rings is 2. The van der Waals surface area contributed by atoms with E-state index in [-0.39, 0.29) is 63.0 Å². The first-order valence-electron chi connectivity index (χ1n) is 14.2. The van der Waals surface area contributed by atoms with E-state index in [2.05, 4.69) is 21.9 Å². The minimum Gasteiger partial charge on any atom is -0.481 e. The highest BCUT2D eigenvalue weighted by molar-refractivity contribution is 6.34. The molecule has 3 aromatic heterocycles. The molecule has 2 atom stereocenters. The van der Waals surface area contributed by atoms with Gasteiger partial charge in [-0.15, -0.1) is 0 Å². The maximum Gasteiger partial charge on any atom is 0.356 e. The molecule has 3 aliphatic rings. The van der Waals surface area contributed by atoms with E-state index in [1.807, 2.05) is 18.7 Å². The van der Waals surface area contributed by atoms with Crippen molar-refractivity contribution in [2.45, 2.75) is 38.3 Å². The Labute approximate surface area is 255 Å². The Morgan fingerprint density at radius 1 is 1.20 bits per heavy atom. The summed E-state index contributed by atoms with van der Waals surface area (Å²) in [5.41, 5.74) is 0.471. The molecule has 44 heavy (non-hydrogen) atoms. The summed E-state index contributed by atoms with van der Waals surface area (Å²) in [4.78, 5) is 57.2. The predicted octanol–water partition coefficient (Wildman–Crippen LogP) is 4.07. The van der Waals surface area contributed by atoms with Crippen LogP contribution in [-0.4, -0.2) is 68.0 Å². The van der Waals surface area contributed by atoms with Crippen molar-refractivity contribution in [3.8, 4) is 22.7 Å². The molecule has 5 heterocycles. The molecule has 2 fully saturated rings. The van der Waals surface area contributed by atoms with Crippen LogP contribution in [0.1, 0.15) is 31.9 Å². The molecule has 7 rings (SSSR count). The van der Waals surface area contributed by atoms with Gasteiger partial charge >= 0.3 is 5.69 Å². The van der Waals surface area contributed by atoms with Crippen molar-refractivity contribution in [1.29, 1.82) is 0 Å². The number of nitrogens with one attached hydrogen (secondary N) is 1. The van der Waals surface area contributed by atoms with Crippen molar-refractivity contribution in [3.63, 3.8) is 0 Å². The fourth-order valence-electron chi connectivity index (χ4n) is 6.15. The topological polar surface area (TPSA) is 123 Å². The molecule has 1 saturated carbocycles. The van der Waals surface area contributed by atoms with E-state index < -0.39 is 24.0 Å². The molecule has 1 aromatic carbocycles. The lowest BCUT2D eigenvalue weighted by atomic mass is 10.1. The summed E-state index contributed by atoms with van der Waals surface area (Å²) in [6.45, 7) is 7.87. The fraction of sp³-hybridized carbons (Fsp3) is 0.290. The number of anilines is 2. The molecule has 0 unspecified atom stereocenters. The van der Waals surface area contributed by atoms with E-state index in [4.69, 9.17) is 21.3 Å². The lowest BCUT2D eigenvalue weighted by Gasteiger charge is -2.35. The van der Waals surface area contributed by atoms with Gasteiger partial charge < -0.3 is 19.9 Å². The molecule has 2 bridgehead atoms. The number of benzene rings is 1. The quantitative estimate of drug-likeness (QED) is 0.342. The van der Waals surface area contributed by atoms with Gasteiger partial charge in [0.25, 0.3) is 5.91 Å². The maximum absolute atomic E-state index is 15.5. The third-order valence-electron chi connectivity index (χ3n) is 8.21. The number of aromatic nitrogens is 4. The van der Waals surface area contributed by atoms with Crippen LogP contribution < -0.4 is 20.6 Å². The van der Waals surface area contributed by atoms with Gasteiger partial charge in [0.15, 0.2) is 12.3 Å². The lowest BCUT2D eigenvalue weighted by Crippen LogP contribution is -2.49. The second-order valence-electron chi connectivity index (χ2n) is 11.2. The van der Waals surface area contributed by atoms with Gasteiger partial charge in [-0.3, -0.25) is 14.6 Å². The van der Waals surface area contributed by atoms with Crippen LogP contribution in [-0.2, 0) is 9.59 Å². The van der Waals surface area contributed by atoms with Crippen molar-refractivity contribution in [2.75, 3.05) is 29.9 Å². The number of hydrogen-bond donors (Lipinski definition) is 1. The minimum absolute atomic E-state index is 0.0278. The van der Waals surface area contributed by atoms with E-state index in [0.29, 0.717) is 36.4 Å². The maximum atomic E-state index is 15.5. The summed E-state index contributed by atoms with van der Waals surface area (Å²) in [5, 5.41) is 3.26. The highest BCUT2D eigenvalue weighted by Crippen LogP contribution is 2.43. The largest absolute Gasteiger partial charge is 0.481 e. The Morgan fingerprint density at radius 2 is 2.02 bits per heavy atom. The van der Waals surface area contributed by atoms with Crippen LogP contribution in [0.4, 0.5) is 15.9 Å². The van der Waals surface area contributed by atoms with Gasteiger partial charge in [-0.2, -0.15) is 4.98 Å². The number of halogens is 2. The first-order chi connectivity index (χ1) is 21.2. The summed E-state index contributed by atoms with van der Waals surface area (Å²) in [6, 6.07) is 7.35. The van der Waals surface area contributed by atoms with Gasteiger partial charge in [0.05, 0.1) is 45.1 Å². The monoisotopic (exact) mass is 615 g/mol. The minimum atomic E-state index is -0.662. The van der Waals surface area contributed by atoms with Gasteiger partial charge in [0.1, 0.15) is 23.1 Å². The van der Waals surface area contributed by atoms with Gasteiger partial charge in [-0.05, 0) is 36.6 Å². The molecule has 0 spiro atoms. The number of carbonyl (C=O) groups excluding carboxylic acids is 2. The third kappa shape index (κ3) is 4.39. The zero-order valence-electron chi connectivity index (χ0n) is 23.9. The van der Waals surface area contributed by atoms with Gasteiger partial charge in [0.2, 0.25) is 5.91 Å². The number of fused-ring (bicyclic) bond motifs is 6. The average Bonchev–Trinajstić information content (AvgIpc) is 3.80. The normalized spacial score (nSPS) is 18.9. The van der Waals surface area contributed by atoms with E-state index in [1.54, 1.807) is 29.3 Å². The number of ether oxygens (including phenoxy) is 1. The number of nitrogens with zero attached hydrogens (tertiary/aromatic N) is 6. The molecular formula is C31H27ClFN7O4. The van der Waals surface area contributed by atoms with Gasteiger partial charge in [-0.25, -0.2) is 18.7 Å². The Balaban J connectivity index is 1.54. The first kappa shape index (κ1) is 28.0. The van der Waals surface area contributed by atoms with E-state index in [1.165, 1.54) is 22.8 Å². The van der Waals surface area contributed by atoms with Crippen molar-refractivity contribution < 1.29 is 18.7 Å². The number of rotatable bonds is 3. The van der Waals surface area contributed by atoms with Crippen LogP contribution >= 0.6 is 11.6 Å². The Kier molecular flexibility index (Phi) is 6.61. The van der Waals surface area contributed by atoms with Crippen LogP contribution in [0.15, 0.2) is 54.0 Å². The number of amides is 2. The molecule has 4 aromatic rings. The van der Waals surface area contributed by atoms with Gasteiger partial charge in [-0.1, -0.05) is 38.1 Å². The zero-order valence-corrected chi connectivity index (χ0v) is 24.6. The van der Waals surface area contributed by atoms with Crippen molar-refractivity contribution in [1.82, 2.24) is 24.4 Å². The van der Waals surface area contributed by atoms with Crippen molar-refractivity contribution >= 4 is 46.0 Å². The molecule has 13 heteroatoms. The summed E-state index contributed by atoms with van der Waals surface area (Å²) < 4.78 is 22.8. The van der Waals surface area contributed by atoms with Crippen LogP contribution in [0.2, 0.25) is 5.02 Å². The predicted molar refractivity (Wildman–Crippen MR) is 163 cm³/mol. The summed E-state index contributed by atoms with van der Waals surface area (Å²) >= 11 is 6.85. The molecule has 1 saturated heterocycles. The molecule has 2 aliphatic heterocycles. The molecule has 11 nitrogen and oxygen atoms in total. The second-order valence-corrected chi connectivity index (χ2v) is 11.6. The number of piperazine rings is 1.